The van der Waals surface area contributed by atoms with Crippen LogP contribution in [0.2, 0.25) is 0 Å². The van der Waals surface area contributed by atoms with Crippen LogP contribution in [0.1, 0.15) is 44.8 Å². The molecule has 0 aliphatic carbocycles. The lowest BCUT2D eigenvalue weighted by atomic mass is 9.84. The van der Waals surface area contributed by atoms with Crippen molar-refractivity contribution in [3.05, 3.63) is 11.7 Å². The number of hydrogen-bond acceptors (Lipinski definition) is 5. The second-order valence-electron chi connectivity index (χ2n) is 5.22. The average molecular weight is 227 g/mol. The Bertz CT molecular complexity index is 317. The maximum absolute atomic E-state index is 8.76. The first-order chi connectivity index (χ1) is 7.46. The fourth-order valence-corrected chi connectivity index (χ4v) is 1.65. The SMILES string of the molecule is CC(C)(C)CC(CN)c1nc(CCO)no1. The summed E-state index contributed by atoms with van der Waals surface area (Å²) in [6.07, 6.45) is 1.33. The quantitative estimate of drug-likeness (QED) is 0.786. The van der Waals surface area contributed by atoms with Gasteiger partial charge in [0.1, 0.15) is 0 Å². The van der Waals surface area contributed by atoms with E-state index in [-0.39, 0.29) is 17.9 Å². The van der Waals surface area contributed by atoms with Crippen LogP contribution in [0, 0.1) is 5.41 Å². The summed E-state index contributed by atoms with van der Waals surface area (Å²) in [7, 11) is 0. The zero-order valence-electron chi connectivity index (χ0n) is 10.2. The molecular formula is C11H21N3O2. The van der Waals surface area contributed by atoms with Gasteiger partial charge in [-0.05, 0) is 11.8 Å². The van der Waals surface area contributed by atoms with Crippen molar-refractivity contribution >= 4 is 0 Å². The van der Waals surface area contributed by atoms with Crippen LogP contribution < -0.4 is 5.73 Å². The highest BCUT2D eigenvalue weighted by Crippen LogP contribution is 2.29. The van der Waals surface area contributed by atoms with Crippen LogP contribution in [0.5, 0.6) is 0 Å². The Morgan fingerprint density at radius 2 is 2.12 bits per heavy atom. The van der Waals surface area contributed by atoms with Crippen LogP contribution in [-0.2, 0) is 6.42 Å². The van der Waals surface area contributed by atoms with Crippen molar-refractivity contribution in [1.29, 1.82) is 0 Å². The molecule has 5 nitrogen and oxygen atoms in total. The van der Waals surface area contributed by atoms with Gasteiger partial charge in [0.25, 0.3) is 0 Å². The Morgan fingerprint density at radius 1 is 1.44 bits per heavy atom. The minimum Gasteiger partial charge on any atom is -0.396 e. The van der Waals surface area contributed by atoms with E-state index >= 15 is 0 Å². The maximum atomic E-state index is 8.76. The molecule has 16 heavy (non-hydrogen) atoms. The van der Waals surface area contributed by atoms with E-state index in [1.54, 1.807) is 0 Å². The van der Waals surface area contributed by atoms with Gasteiger partial charge in [-0.1, -0.05) is 25.9 Å². The molecule has 0 aliphatic heterocycles. The first-order valence-electron chi connectivity index (χ1n) is 5.59. The fourth-order valence-electron chi connectivity index (χ4n) is 1.65. The Hall–Kier alpha value is -0.940. The monoisotopic (exact) mass is 227 g/mol. The summed E-state index contributed by atoms with van der Waals surface area (Å²) in [6.45, 7) is 6.99. The lowest BCUT2D eigenvalue weighted by molar-refractivity contribution is 0.281. The van der Waals surface area contributed by atoms with Gasteiger partial charge in [0.2, 0.25) is 5.89 Å². The molecule has 1 heterocycles. The van der Waals surface area contributed by atoms with Gasteiger partial charge in [0, 0.05) is 13.0 Å². The molecule has 0 aliphatic rings. The van der Waals surface area contributed by atoms with Gasteiger partial charge in [-0.3, -0.25) is 0 Å². The summed E-state index contributed by atoms with van der Waals surface area (Å²) in [4.78, 5) is 4.24. The van der Waals surface area contributed by atoms with Crippen LogP contribution in [0.3, 0.4) is 0 Å². The molecule has 0 saturated carbocycles. The number of aliphatic hydroxyl groups is 1. The van der Waals surface area contributed by atoms with Gasteiger partial charge >= 0.3 is 0 Å². The van der Waals surface area contributed by atoms with Crippen molar-refractivity contribution in [3.8, 4) is 0 Å². The summed E-state index contributed by atoms with van der Waals surface area (Å²) >= 11 is 0. The van der Waals surface area contributed by atoms with Crippen molar-refractivity contribution in [3.63, 3.8) is 0 Å². The average Bonchev–Trinajstić information content (AvgIpc) is 2.62. The van der Waals surface area contributed by atoms with E-state index in [9.17, 15) is 0 Å². The highest BCUT2D eigenvalue weighted by Gasteiger charge is 2.23. The first kappa shape index (κ1) is 13.1. The maximum Gasteiger partial charge on any atom is 0.231 e. The fraction of sp³-hybridized carbons (Fsp3) is 0.818. The molecule has 1 aromatic heterocycles. The second kappa shape index (κ2) is 5.41. The van der Waals surface area contributed by atoms with Gasteiger partial charge in [-0.2, -0.15) is 4.98 Å². The number of nitrogens with zero attached hydrogens (tertiary/aromatic N) is 2. The van der Waals surface area contributed by atoms with Gasteiger partial charge in [0.15, 0.2) is 5.82 Å². The number of hydrogen-bond donors (Lipinski definition) is 2. The number of rotatable bonds is 5. The summed E-state index contributed by atoms with van der Waals surface area (Å²) in [5, 5.41) is 12.6. The molecule has 0 bridgehead atoms. The number of aliphatic hydroxyl groups excluding tert-OH is 1. The van der Waals surface area contributed by atoms with Crippen LogP contribution in [-0.4, -0.2) is 28.4 Å². The molecule has 3 N–H and O–H groups in total. The van der Waals surface area contributed by atoms with Crippen LogP contribution in [0.25, 0.3) is 0 Å². The summed E-state index contributed by atoms with van der Waals surface area (Å²) in [6, 6.07) is 0. The van der Waals surface area contributed by atoms with Crippen molar-refractivity contribution in [2.24, 2.45) is 11.1 Å². The molecule has 1 atom stereocenters. The Labute approximate surface area is 96.0 Å². The third-order valence-electron chi connectivity index (χ3n) is 2.31. The molecule has 0 spiro atoms. The third-order valence-corrected chi connectivity index (χ3v) is 2.31. The predicted molar refractivity (Wildman–Crippen MR) is 61.0 cm³/mol. The van der Waals surface area contributed by atoms with E-state index in [0.717, 1.165) is 6.42 Å². The van der Waals surface area contributed by atoms with Crippen molar-refractivity contribution in [1.82, 2.24) is 10.1 Å². The van der Waals surface area contributed by atoms with Crippen molar-refractivity contribution in [2.45, 2.75) is 39.5 Å². The Balaban J connectivity index is 2.71. The molecule has 92 valence electrons. The minimum absolute atomic E-state index is 0.0333. The molecule has 1 rings (SSSR count). The van der Waals surface area contributed by atoms with Crippen LogP contribution in [0.15, 0.2) is 4.52 Å². The van der Waals surface area contributed by atoms with E-state index in [1.807, 2.05) is 0 Å². The molecule has 0 fully saturated rings. The van der Waals surface area contributed by atoms with E-state index in [0.29, 0.717) is 24.7 Å². The van der Waals surface area contributed by atoms with Gasteiger partial charge in [0.05, 0.1) is 12.5 Å². The van der Waals surface area contributed by atoms with Crippen molar-refractivity contribution in [2.75, 3.05) is 13.2 Å². The van der Waals surface area contributed by atoms with Gasteiger partial charge in [-0.15, -0.1) is 0 Å². The van der Waals surface area contributed by atoms with E-state index in [1.165, 1.54) is 0 Å². The van der Waals surface area contributed by atoms with Crippen molar-refractivity contribution < 1.29 is 9.63 Å². The van der Waals surface area contributed by atoms with E-state index in [4.69, 9.17) is 15.4 Å². The lowest BCUT2D eigenvalue weighted by Gasteiger charge is -2.22. The summed E-state index contributed by atoms with van der Waals surface area (Å²) in [5.41, 5.74) is 5.89. The predicted octanol–water partition coefficient (Wildman–Crippen LogP) is 1.08. The molecule has 1 aromatic rings. The molecule has 1 unspecified atom stereocenters. The zero-order chi connectivity index (χ0) is 12.2. The van der Waals surface area contributed by atoms with Crippen LogP contribution >= 0.6 is 0 Å². The first-order valence-corrected chi connectivity index (χ1v) is 5.59. The van der Waals surface area contributed by atoms with Crippen LogP contribution in [0.4, 0.5) is 0 Å². The molecule has 0 aromatic carbocycles. The molecule has 5 heteroatoms. The normalized spacial score (nSPS) is 14.1. The highest BCUT2D eigenvalue weighted by atomic mass is 16.5. The molecule has 0 radical (unpaired) electrons. The standard InChI is InChI=1S/C11H21N3O2/c1-11(2,3)6-8(7-12)10-13-9(4-5-15)14-16-10/h8,15H,4-7,12H2,1-3H3. The smallest absolute Gasteiger partial charge is 0.231 e. The summed E-state index contributed by atoms with van der Waals surface area (Å²) < 4.78 is 5.16. The van der Waals surface area contributed by atoms with E-state index in [2.05, 4.69) is 30.9 Å². The highest BCUT2D eigenvalue weighted by molar-refractivity contribution is 4.96. The Morgan fingerprint density at radius 3 is 2.62 bits per heavy atom. The second-order valence-corrected chi connectivity index (χ2v) is 5.22. The number of aromatic nitrogens is 2. The number of nitrogens with two attached hydrogens (primary N) is 1. The van der Waals surface area contributed by atoms with E-state index < -0.39 is 0 Å². The molecule has 0 saturated heterocycles. The molecule has 0 amide bonds. The Kier molecular flexibility index (Phi) is 4.44. The van der Waals surface area contributed by atoms with Gasteiger partial charge in [-0.25, -0.2) is 0 Å². The van der Waals surface area contributed by atoms with Gasteiger partial charge < -0.3 is 15.4 Å². The molecular weight excluding hydrogens is 206 g/mol. The topological polar surface area (TPSA) is 85.2 Å². The largest absolute Gasteiger partial charge is 0.396 e. The third kappa shape index (κ3) is 3.90. The summed E-state index contributed by atoms with van der Waals surface area (Å²) in [5.74, 6) is 1.23. The zero-order valence-corrected chi connectivity index (χ0v) is 10.2. The lowest BCUT2D eigenvalue weighted by Crippen LogP contribution is -2.19. The minimum atomic E-state index is 0.0333.